The van der Waals surface area contributed by atoms with Crippen LogP contribution in [-0.2, 0) is 20.0 Å². The van der Waals surface area contributed by atoms with Crippen LogP contribution >= 0.6 is 35.3 Å². The van der Waals surface area contributed by atoms with Gasteiger partial charge in [-0.3, -0.25) is 4.68 Å². The molecule has 25 heavy (non-hydrogen) atoms. The number of thiophene rings is 1. The molecule has 0 spiro atoms. The lowest BCUT2D eigenvalue weighted by Gasteiger charge is -2.21. The lowest BCUT2D eigenvalue weighted by molar-refractivity contribution is 0.486. The fourth-order valence-electron chi connectivity index (χ4n) is 3.15. The fourth-order valence-corrected chi connectivity index (χ4v) is 4.03. The summed E-state index contributed by atoms with van der Waals surface area (Å²) in [6, 6.07) is 4.43. The number of aliphatic imine (C=N–C) groups is 1. The maximum atomic E-state index is 4.87. The van der Waals surface area contributed by atoms with Gasteiger partial charge in [0.15, 0.2) is 5.96 Å². The second-order valence-corrected chi connectivity index (χ2v) is 7.52. The number of halogens is 1. The second-order valence-electron chi connectivity index (χ2n) is 6.27. The summed E-state index contributed by atoms with van der Waals surface area (Å²) in [5.74, 6) is 1.59. The number of likely N-dealkylation sites (tertiary alicyclic amines) is 1. The van der Waals surface area contributed by atoms with Gasteiger partial charge in [0.2, 0.25) is 0 Å². The summed E-state index contributed by atoms with van der Waals surface area (Å²) in [5, 5.41) is 7.76. The van der Waals surface area contributed by atoms with Gasteiger partial charge in [0.25, 0.3) is 0 Å². The maximum Gasteiger partial charge on any atom is 0.194 e. The molecule has 1 N–H and O–H groups in total. The quantitative estimate of drug-likeness (QED) is 0.410. The number of rotatable bonds is 5. The minimum Gasteiger partial charge on any atom is -0.357 e. The van der Waals surface area contributed by atoms with Crippen molar-refractivity contribution >= 4 is 41.3 Å². The zero-order valence-electron chi connectivity index (χ0n) is 15.2. The summed E-state index contributed by atoms with van der Waals surface area (Å²) in [7, 11) is 1.98. The maximum absolute atomic E-state index is 4.87. The molecule has 0 saturated carbocycles. The standard InChI is InChI=1S/C18H27N5S.HI/c1-4-16-6-7-17(24-16)11-20-18(19-5-2)23-9-8-14(13-23)15-10-21-22(3)12-15;/h6-7,10,12,14H,4-5,8-9,11,13H2,1-3H3,(H,19,20);1H. The molecule has 2 aromatic rings. The molecule has 138 valence electrons. The van der Waals surface area contributed by atoms with E-state index in [1.54, 1.807) is 0 Å². The highest BCUT2D eigenvalue weighted by Gasteiger charge is 2.26. The first-order valence-electron chi connectivity index (χ1n) is 8.79. The number of hydrogen-bond donors (Lipinski definition) is 1. The minimum absolute atomic E-state index is 0. The molecule has 1 atom stereocenters. The highest BCUT2D eigenvalue weighted by Crippen LogP contribution is 2.27. The average Bonchev–Trinajstić information content (AvgIpc) is 3.31. The number of nitrogens with zero attached hydrogens (tertiary/aromatic N) is 4. The van der Waals surface area contributed by atoms with Gasteiger partial charge in [-0.25, -0.2) is 4.99 Å². The number of aryl methyl sites for hydroxylation is 2. The summed E-state index contributed by atoms with van der Waals surface area (Å²) in [6.07, 6.45) is 6.40. The molecular formula is C18H28IN5S. The van der Waals surface area contributed by atoms with Gasteiger partial charge in [-0.05, 0) is 37.5 Å². The molecule has 5 nitrogen and oxygen atoms in total. The van der Waals surface area contributed by atoms with Gasteiger partial charge in [0, 0.05) is 48.6 Å². The van der Waals surface area contributed by atoms with Crippen LogP contribution in [0.4, 0.5) is 0 Å². The van der Waals surface area contributed by atoms with Crippen molar-refractivity contribution in [3.63, 3.8) is 0 Å². The zero-order chi connectivity index (χ0) is 16.9. The fraction of sp³-hybridized carbons (Fsp3) is 0.556. The average molecular weight is 473 g/mol. The van der Waals surface area contributed by atoms with Crippen molar-refractivity contribution < 1.29 is 0 Å². The predicted molar refractivity (Wildman–Crippen MR) is 116 cm³/mol. The number of guanidine groups is 1. The largest absolute Gasteiger partial charge is 0.357 e. The molecule has 0 aliphatic carbocycles. The van der Waals surface area contributed by atoms with Crippen molar-refractivity contribution in [2.75, 3.05) is 19.6 Å². The van der Waals surface area contributed by atoms with Crippen LogP contribution < -0.4 is 5.32 Å². The van der Waals surface area contributed by atoms with Crippen LogP contribution in [0.5, 0.6) is 0 Å². The summed E-state index contributed by atoms with van der Waals surface area (Å²) in [5.41, 5.74) is 1.33. The number of aromatic nitrogens is 2. The molecule has 0 bridgehead atoms. The monoisotopic (exact) mass is 473 g/mol. The van der Waals surface area contributed by atoms with E-state index in [9.17, 15) is 0 Å². The van der Waals surface area contributed by atoms with Crippen molar-refractivity contribution in [3.8, 4) is 0 Å². The van der Waals surface area contributed by atoms with Gasteiger partial charge in [-0.2, -0.15) is 5.10 Å². The third kappa shape index (κ3) is 5.20. The Morgan fingerprint density at radius 2 is 2.16 bits per heavy atom. The molecule has 1 unspecified atom stereocenters. The van der Waals surface area contributed by atoms with Crippen LogP contribution in [0.25, 0.3) is 0 Å². The number of nitrogens with one attached hydrogen (secondary N) is 1. The Kier molecular flexibility index (Phi) is 7.74. The van der Waals surface area contributed by atoms with Crippen LogP contribution in [0.2, 0.25) is 0 Å². The van der Waals surface area contributed by atoms with Gasteiger partial charge < -0.3 is 10.2 Å². The molecule has 3 heterocycles. The Morgan fingerprint density at radius 1 is 1.36 bits per heavy atom. The molecule has 1 aliphatic heterocycles. The lowest BCUT2D eigenvalue weighted by Crippen LogP contribution is -2.39. The van der Waals surface area contributed by atoms with E-state index in [1.165, 1.54) is 15.3 Å². The summed E-state index contributed by atoms with van der Waals surface area (Å²) < 4.78 is 1.89. The van der Waals surface area contributed by atoms with Gasteiger partial charge in [-0.1, -0.05) is 6.92 Å². The Balaban J connectivity index is 0.00000225. The summed E-state index contributed by atoms with van der Waals surface area (Å²) >= 11 is 1.87. The van der Waals surface area contributed by atoms with Gasteiger partial charge in [0.05, 0.1) is 12.7 Å². The van der Waals surface area contributed by atoms with Crippen molar-refractivity contribution in [1.29, 1.82) is 0 Å². The summed E-state index contributed by atoms with van der Waals surface area (Å²) in [6.45, 7) is 8.06. The number of hydrogen-bond acceptors (Lipinski definition) is 3. The lowest BCUT2D eigenvalue weighted by atomic mass is 10.0. The van der Waals surface area contributed by atoms with E-state index >= 15 is 0 Å². The Hall–Kier alpha value is -1.09. The Bertz CT molecular complexity index is 693. The molecule has 3 rings (SSSR count). The molecule has 1 saturated heterocycles. The molecule has 0 radical (unpaired) electrons. The third-order valence-corrected chi connectivity index (χ3v) is 5.68. The van der Waals surface area contributed by atoms with Gasteiger partial charge >= 0.3 is 0 Å². The van der Waals surface area contributed by atoms with Crippen LogP contribution in [0, 0.1) is 0 Å². The Morgan fingerprint density at radius 3 is 2.80 bits per heavy atom. The van der Waals surface area contributed by atoms with E-state index in [1.807, 2.05) is 29.3 Å². The van der Waals surface area contributed by atoms with E-state index in [0.29, 0.717) is 5.92 Å². The zero-order valence-corrected chi connectivity index (χ0v) is 18.4. The van der Waals surface area contributed by atoms with Crippen molar-refractivity contribution in [3.05, 3.63) is 39.8 Å². The molecule has 0 amide bonds. The molecule has 1 fully saturated rings. The predicted octanol–water partition coefficient (Wildman–Crippen LogP) is 3.62. The summed E-state index contributed by atoms with van der Waals surface area (Å²) in [4.78, 5) is 10.0. The SMILES string of the molecule is CCNC(=NCc1ccc(CC)s1)N1CCC(c2cnn(C)c2)C1.I. The van der Waals surface area contributed by atoms with E-state index < -0.39 is 0 Å². The van der Waals surface area contributed by atoms with E-state index in [0.717, 1.165) is 45.0 Å². The van der Waals surface area contributed by atoms with Crippen LogP contribution in [-0.4, -0.2) is 40.3 Å². The highest BCUT2D eigenvalue weighted by atomic mass is 127. The minimum atomic E-state index is 0. The first-order valence-corrected chi connectivity index (χ1v) is 9.60. The van der Waals surface area contributed by atoms with Crippen molar-refractivity contribution in [2.45, 2.75) is 39.2 Å². The molecule has 1 aliphatic rings. The van der Waals surface area contributed by atoms with E-state index in [4.69, 9.17) is 4.99 Å². The van der Waals surface area contributed by atoms with Crippen molar-refractivity contribution in [2.24, 2.45) is 12.0 Å². The molecule has 0 aromatic carbocycles. The van der Waals surface area contributed by atoms with E-state index in [2.05, 4.69) is 47.5 Å². The third-order valence-electron chi connectivity index (χ3n) is 4.47. The Labute approximate surface area is 171 Å². The van der Waals surface area contributed by atoms with Crippen LogP contribution in [0.1, 0.15) is 41.5 Å². The smallest absolute Gasteiger partial charge is 0.194 e. The van der Waals surface area contributed by atoms with E-state index in [-0.39, 0.29) is 24.0 Å². The van der Waals surface area contributed by atoms with Crippen LogP contribution in [0.3, 0.4) is 0 Å². The normalized spacial score (nSPS) is 17.6. The first kappa shape index (κ1) is 20.2. The van der Waals surface area contributed by atoms with Crippen LogP contribution in [0.15, 0.2) is 29.5 Å². The molecule has 2 aromatic heterocycles. The highest BCUT2D eigenvalue weighted by molar-refractivity contribution is 14.0. The second kappa shape index (κ2) is 9.56. The first-order chi connectivity index (χ1) is 11.7. The van der Waals surface area contributed by atoms with Gasteiger partial charge in [-0.15, -0.1) is 35.3 Å². The topological polar surface area (TPSA) is 45.5 Å². The molecule has 7 heteroatoms. The molecular weight excluding hydrogens is 445 g/mol. The van der Waals surface area contributed by atoms with Crippen molar-refractivity contribution in [1.82, 2.24) is 20.0 Å². The van der Waals surface area contributed by atoms with Gasteiger partial charge in [0.1, 0.15) is 0 Å².